The first-order valence-electron chi connectivity index (χ1n) is 7.99. The summed E-state index contributed by atoms with van der Waals surface area (Å²) in [4.78, 5) is 34.5. The van der Waals surface area contributed by atoms with E-state index < -0.39 is 0 Å². The SMILES string of the molecule is COC(=O)Cc1cccc(OCCn2c(=O)[nH]c3c(N)nc(C)nc32)c1. The highest BCUT2D eigenvalue weighted by Crippen LogP contribution is 2.16. The third-order valence-corrected chi connectivity index (χ3v) is 3.82. The topological polar surface area (TPSA) is 125 Å². The molecule has 0 aliphatic carbocycles. The molecule has 136 valence electrons. The van der Waals surface area contributed by atoms with Gasteiger partial charge in [-0.25, -0.2) is 14.8 Å². The van der Waals surface area contributed by atoms with Crippen LogP contribution in [0.15, 0.2) is 29.1 Å². The summed E-state index contributed by atoms with van der Waals surface area (Å²) in [5, 5.41) is 0. The molecule has 2 heterocycles. The largest absolute Gasteiger partial charge is 0.492 e. The van der Waals surface area contributed by atoms with Crippen LogP contribution in [0.3, 0.4) is 0 Å². The number of esters is 1. The fourth-order valence-corrected chi connectivity index (χ4v) is 2.61. The van der Waals surface area contributed by atoms with Crippen LogP contribution in [0, 0.1) is 6.92 Å². The van der Waals surface area contributed by atoms with Gasteiger partial charge in [0.1, 0.15) is 23.7 Å². The number of carbonyl (C=O) groups is 1. The van der Waals surface area contributed by atoms with Gasteiger partial charge in [-0.3, -0.25) is 9.36 Å². The Balaban J connectivity index is 1.72. The summed E-state index contributed by atoms with van der Waals surface area (Å²) < 4.78 is 11.8. The molecule has 0 spiro atoms. The van der Waals surface area contributed by atoms with Crippen LogP contribution in [0.1, 0.15) is 11.4 Å². The lowest BCUT2D eigenvalue weighted by Gasteiger charge is -2.08. The second-order valence-corrected chi connectivity index (χ2v) is 5.69. The van der Waals surface area contributed by atoms with Gasteiger partial charge in [-0.2, -0.15) is 0 Å². The summed E-state index contributed by atoms with van der Waals surface area (Å²) in [5.74, 6) is 1.00. The highest BCUT2D eigenvalue weighted by molar-refractivity contribution is 5.81. The molecule has 9 heteroatoms. The molecule has 0 bridgehead atoms. The summed E-state index contributed by atoms with van der Waals surface area (Å²) in [6.45, 7) is 2.24. The number of methoxy groups -OCH3 is 1. The Morgan fingerprint density at radius 2 is 2.15 bits per heavy atom. The van der Waals surface area contributed by atoms with Crippen LogP contribution in [0.5, 0.6) is 5.75 Å². The summed E-state index contributed by atoms with van der Waals surface area (Å²) >= 11 is 0. The van der Waals surface area contributed by atoms with E-state index in [-0.39, 0.29) is 37.0 Å². The van der Waals surface area contributed by atoms with Crippen molar-refractivity contribution in [1.82, 2.24) is 19.5 Å². The normalized spacial score (nSPS) is 10.8. The number of ether oxygens (including phenoxy) is 2. The number of fused-ring (bicyclic) bond motifs is 1. The summed E-state index contributed by atoms with van der Waals surface area (Å²) in [7, 11) is 1.35. The molecule has 3 aromatic rings. The second-order valence-electron chi connectivity index (χ2n) is 5.69. The zero-order chi connectivity index (χ0) is 18.7. The number of aromatic amines is 1. The van der Waals surface area contributed by atoms with Gasteiger partial charge in [0.2, 0.25) is 0 Å². The average molecular weight is 357 g/mol. The average Bonchev–Trinajstić information content (AvgIpc) is 2.91. The standard InChI is InChI=1S/C17H19N5O4/c1-10-19-15(18)14-16(20-10)22(17(24)21-14)6-7-26-12-5-3-4-11(8-12)9-13(23)25-2/h3-5,8H,6-7,9H2,1-2H3,(H,21,24)(H2,18,19,20). The minimum atomic E-state index is -0.324. The molecule has 0 aliphatic rings. The van der Waals surface area contributed by atoms with Gasteiger partial charge in [0.05, 0.1) is 20.1 Å². The number of anilines is 1. The van der Waals surface area contributed by atoms with Crippen molar-refractivity contribution in [3.8, 4) is 5.75 Å². The van der Waals surface area contributed by atoms with E-state index in [1.54, 1.807) is 25.1 Å². The van der Waals surface area contributed by atoms with E-state index in [2.05, 4.69) is 19.7 Å². The molecular weight excluding hydrogens is 338 g/mol. The third-order valence-electron chi connectivity index (χ3n) is 3.82. The molecule has 9 nitrogen and oxygen atoms in total. The first-order chi connectivity index (χ1) is 12.5. The van der Waals surface area contributed by atoms with E-state index >= 15 is 0 Å². The van der Waals surface area contributed by atoms with Crippen LogP contribution < -0.4 is 16.2 Å². The van der Waals surface area contributed by atoms with E-state index in [0.717, 1.165) is 5.56 Å². The van der Waals surface area contributed by atoms with E-state index in [0.29, 0.717) is 22.7 Å². The number of imidazole rings is 1. The Morgan fingerprint density at radius 3 is 2.92 bits per heavy atom. The molecule has 3 N–H and O–H groups in total. The Hall–Kier alpha value is -3.36. The smallest absolute Gasteiger partial charge is 0.327 e. The lowest BCUT2D eigenvalue weighted by molar-refractivity contribution is -0.139. The number of nitrogens with one attached hydrogen (secondary N) is 1. The van der Waals surface area contributed by atoms with Gasteiger partial charge in [0, 0.05) is 0 Å². The number of nitrogen functional groups attached to an aromatic ring is 1. The van der Waals surface area contributed by atoms with Crippen LogP contribution in [0.4, 0.5) is 5.82 Å². The lowest BCUT2D eigenvalue weighted by atomic mass is 10.1. The van der Waals surface area contributed by atoms with Crippen molar-refractivity contribution < 1.29 is 14.3 Å². The van der Waals surface area contributed by atoms with Crippen molar-refractivity contribution in [1.29, 1.82) is 0 Å². The third kappa shape index (κ3) is 3.66. The van der Waals surface area contributed by atoms with Crippen molar-refractivity contribution in [2.45, 2.75) is 19.9 Å². The summed E-state index contributed by atoms with van der Waals surface area (Å²) in [6.07, 6.45) is 0.172. The molecule has 2 aromatic heterocycles. The molecule has 0 atom stereocenters. The minimum absolute atomic E-state index is 0.172. The number of nitrogens with two attached hydrogens (primary N) is 1. The first-order valence-corrected chi connectivity index (χ1v) is 7.99. The summed E-state index contributed by atoms with van der Waals surface area (Å²) in [6, 6.07) is 7.15. The molecule has 0 radical (unpaired) electrons. The first kappa shape index (κ1) is 17.5. The number of hydrogen-bond acceptors (Lipinski definition) is 7. The van der Waals surface area contributed by atoms with Crippen LogP contribution >= 0.6 is 0 Å². The van der Waals surface area contributed by atoms with Gasteiger partial charge in [-0.05, 0) is 24.6 Å². The van der Waals surface area contributed by atoms with Crippen molar-refractivity contribution in [3.63, 3.8) is 0 Å². The van der Waals surface area contributed by atoms with E-state index in [1.165, 1.54) is 11.7 Å². The lowest BCUT2D eigenvalue weighted by Crippen LogP contribution is -2.21. The van der Waals surface area contributed by atoms with E-state index in [1.807, 2.05) is 6.07 Å². The Morgan fingerprint density at radius 1 is 1.35 bits per heavy atom. The second kappa shape index (κ2) is 7.26. The van der Waals surface area contributed by atoms with Gasteiger partial charge in [0.25, 0.3) is 0 Å². The quantitative estimate of drug-likeness (QED) is 0.625. The van der Waals surface area contributed by atoms with E-state index in [4.69, 9.17) is 10.5 Å². The number of H-pyrrole nitrogens is 1. The van der Waals surface area contributed by atoms with E-state index in [9.17, 15) is 9.59 Å². The predicted octanol–water partition coefficient (Wildman–Crippen LogP) is 0.805. The summed E-state index contributed by atoms with van der Waals surface area (Å²) in [5.41, 5.74) is 7.15. The maximum atomic E-state index is 12.1. The van der Waals surface area contributed by atoms with Crippen molar-refractivity contribution in [3.05, 3.63) is 46.1 Å². The van der Waals surface area contributed by atoms with Gasteiger partial charge in [0.15, 0.2) is 11.5 Å². The molecule has 3 rings (SSSR count). The van der Waals surface area contributed by atoms with Gasteiger partial charge in [-0.1, -0.05) is 12.1 Å². The van der Waals surface area contributed by atoms with Crippen molar-refractivity contribution in [2.24, 2.45) is 0 Å². The number of carbonyl (C=O) groups excluding carboxylic acids is 1. The van der Waals surface area contributed by atoms with Crippen molar-refractivity contribution >= 4 is 23.0 Å². The predicted molar refractivity (Wildman–Crippen MR) is 95.0 cm³/mol. The molecule has 0 fully saturated rings. The number of hydrogen-bond donors (Lipinski definition) is 2. The number of benzene rings is 1. The maximum Gasteiger partial charge on any atom is 0.327 e. The molecule has 0 saturated carbocycles. The minimum Gasteiger partial charge on any atom is -0.492 e. The zero-order valence-corrected chi connectivity index (χ0v) is 14.5. The maximum absolute atomic E-state index is 12.1. The highest BCUT2D eigenvalue weighted by Gasteiger charge is 2.12. The molecule has 1 aromatic carbocycles. The number of aromatic nitrogens is 4. The number of aryl methyl sites for hydroxylation is 1. The molecule has 0 unspecified atom stereocenters. The molecule has 0 amide bonds. The fourth-order valence-electron chi connectivity index (χ4n) is 2.61. The molecular formula is C17H19N5O4. The monoisotopic (exact) mass is 357 g/mol. The Kier molecular flexibility index (Phi) is 4.87. The Bertz CT molecular complexity index is 1010. The zero-order valence-electron chi connectivity index (χ0n) is 14.5. The van der Waals surface area contributed by atoms with Gasteiger partial charge in [-0.15, -0.1) is 0 Å². The van der Waals surface area contributed by atoms with Gasteiger partial charge < -0.3 is 20.2 Å². The van der Waals surface area contributed by atoms with Crippen molar-refractivity contribution in [2.75, 3.05) is 19.5 Å². The Labute approximate surface area is 148 Å². The molecule has 0 aliphatic heterocycles. The van der Waals surface area contributed by atoms with Crippen LogP contribution in [-0.4, -0.2) is 39.2 Å². The molecule has 26 heavy (non-hydrogen) atoms. The van der Waals surface area contributed by atoms with Crippen LogP contribution in [0.25, 0.3) is 11.2 Å². The fraction of sp³-hybridized carbons (Fsp3) is 0.294. The van der Waals surface area contributed by atoms with Crippen LogP contribution in [-0.2, 0) is 22.5 Å². The molecule has 0 saturated heterocycles. The van der Waals surface area contributed by atoms with Gasteiger partial charge >= 0.3 is 11.7 Å². The number of nitrogens with zero attached hydrogens (tertiary/aromatic N) is 3. The highest BCUT2D eigenvalue weighted by atomic mass is 16.5. The number of rotatable bonds is 6. The van der Waals surface area contributed by atoms with Crippen LogP contribution in [0.2, 0.25) is 0 Å².